The molecule has 12 aromatic rings. The maximum atomic E-state index is 13.1. The van der Waals surface area contributed by atoms with Gasteiger partial charge in [0.05, 0.1) is 92.2 Å². The van der Waals surface area contributed by atoms with E-state index in [9.17, 15) is 24.5 Å². The monoisotopic (exact) mass is 1900 g/mol. The number of anilines is 3. The standard InChI is InChI=1S/C25H25ClN6O2S.C21H23BrClN5OS.C15H13ClN2O4.C13H16BrN3S.C12H18BNO3/c1-16(17-4-3-5-19(26)12-17)30-25(33)32-10-8-31(9-11-32)24-23-20(28-15-29-24)14-21(35-23)18-6-7-27-22(13-18)34-2;1-13(14-5-4-6-15(23)9-14)26-20(29)28-8-7-27(11-21(28,2)3)19-18-16(24-12-25-19)10-17(22)30-18;1-10(11-3-2-4-12(16)9-11)17-15(19)22-14-7-5-13(6-8-14)18(20)21;1-13(2)4-3-5-17(7-13)12-11-9(15-8-16-12)6-10(14)18-11;1-11(2)12(3,4)17-13(16-11)9-6-7-14-10(8-9)15-5/h3-7,12-16H,8-11H2,1-2H3,(H,30,33);4-6,9-10,12-13H,7-8,11H2,1-3H3,(H,26,29);2-10H,1H3,(H,17,19);6,8H,3-5,7H2,1-2H3;6-8H,1-5H3/t16-;13-;10-;;/m000../s1. The van der Waals surface area contributed by atoms with Gasteiger partial charge in [0.25, 0.3) is 5.69 Å². The summed E-state index contributed by atoms with van der Waals surface area (Å²) in [4.78, 5) is 94.6. The third-order valence-corrected chi connectivity index (χ3v) is 26.5. The van der Waals surface area contributed by atoms with E-state index < -0.39 is 11.0 Å². The number of halogens is 5. The molecule has 3 atom stereocenters. The van der Waals surface area contributed by atoms with Crippen molar-refractivity contribution in [3.05, 3.63) is 220 Å². The van der Waals surface area contributed by atoms with Crippen LogP contribution >= 0.6 is 101 Å². The Morgan fingerprint density at radius 3 is 1.50 bits per heavy atom. The highest BCUT2D eigenvalue weighted by atomic mass is 79.9. The van der Waals surface area contributed by atoms with Crippen LogP contribution in [0.4, 0.5) is 37.5 Å². The van der Waals surface area contributed by atoms with Crippen LogP contribution in [0.5, 0.6) is 17.5 Å². The molecule has 4 aromatic carbocycles. The van der Waals surface area contributed by atoms with Gasteiger partial charge >= 0.3 is 25.3 Å². The number of pyridine rings is 2. The molecule has 0 bridgehead atoms. The lowest BCUT2D eigenvalue weighted by Gasteiger charge is -2.47. The lowest BCUT2D eigenvalue weighted by Crippen LogP contribution is -2.63. The van der Waals surface area contributed by atoms with Crippen LogP contribution in [0.2, 0.25) is 15.1 Å². The number of piperazine rings is 2. The first-order valence-electron chi connectivity index (χ1n) is 39.4. The van der Waals surface area contributed by atoms with Gasteiger partial charge < -0.3 is 64.0 Å². The van der Waals surface area contributed by atoms with E-state index in [0.717, 1.165) is 96.7 Å². The van der Waals surface area contributed by atoms with E-state index in [2.05, 4.69) is 142 Å². The summed E-state index contributed by atoms with van der Waals surface area (Å²) in [5.41, 5.74) is 6.94. The normalized spacial score (nSPS) is 16.4. The predicted octanol–water partition coefficient (Wildman–Crippen LogP) is 20.1. The summed E-state index contributed by atoms with van der Waals surface area (Å²) < 4.78 is 32.8. The Morgan fingerprint density at radius 1 is 0.533 bits per heavy atom. The number of aromatic nitrogens is 8. The van der Waals surface area contributed by atoms with Crippen LogP contribution in [0.3, 0.4) is 0 Å². The molecular weight excluding hydrogens is 1800 g/mol. The highest BCUT2D eigenvalue weighted by Gasteiger charge is 2.52. The highest BCUT2D eigenvalue weighted by Crippen LogP contribution is 2.42. The second kappa shape index (κ2) is 40.3. The van der Waals surface area contributed by atoms with Crippen LogP contribution in [0.15, 0.2) is 178 Å². The van der Waals surface area contributed by atoms with Gasteiger partial charge in [-0.05, 0) is 219 Å². The third kappa shape index (κ3) is 23.4. The fraction of sp³-hybridized carbons (Fsp3) is 0.360. The lowest BCUT2D eigenvalue weighted by atomic mass is 9.80. The summed E-state index contributed by atoms with van der Waals surface area (Å²) in [6, 6.07) is 40.6. The first-order chi connectivity index (χ1) is 58.1. The van der Waals surface area contributed by atoms with E-state index in [1.165, 1.54) is 41.8 Å². The summed E-state index contributed by atoms with van der Waals surface area (Å²) in [7, 11) is 2.84. The van der Waals surface area contributed by atoms with Crippen molar-refractivity contribution >= 4 is 185 Å². The topological polar surface area (TPSA) is 296 Å². The molecule has 8 aromatic heterocycles. The number of rotatable bonds is 15. The summed E-state index contributed by atoms with van der Waals surface area (Å²) in [5.74, 6) is 4.29. The average Bonchev–Trinajstić information content (AvgIpc) is 1.57. The zero-order valence-corrected chi connectivity index (χ0v) is 77.6. The quantitative estimate of drug-likeness (QED) is 0.0488. The molecule has 0 radical (unpaired) electrons. The van der Waals surface area contributed by atoms with Crippen LogP contribution in [0.25, 0.3) is 41.1 Å². The van der Waals surface area contributed by atoms with Gasteiger partial charge in [0.15, 0.2) is 0 Å². The SMILES string of the molecule is CC1(C)CCCN(c2ncnc3cc(Br)sc23)C1.COc1cc(-c2cc3ncnc(N4CCN(C(=O)N[C@@H](C)c5cccc(Cl)c5)CC4)c3s2)ccn1.COc1cc(B2OC(C)(C)C(C)(C)O2)ccn1.C[C@H](NC(=O)N1CCN(c2ncnc3cc(Br)sc23)CC1(C)C)c1cccc(Cl)c1.C[C@H](NC(=O)Oc1ccc([N+](=O)[O-])cc1)c1cccc(Cl)c1. The number of ether oxygens (including phenoxy) is 3. The molecule has 16 rings (SSSR count). The zero-order chi connectivity index (χ0) is 87.4. The molecule has 4 aliphatic heterocycles. The van der Waals surface area contributed by atoms with Gasteiger partial charge in [-0.1, -0.05) is 85.0 Å². The summed E-state index contributed by atoms with van der Waals surface area (Å²) in [5, 5.41) is 21.3. The minimum Gasteiger partial charge on any atom is -0.481 e. The Hall–Kier alpha value is -9.68. The molecule has 4 saturated heterocycles. The molecule has 36 heteroatoms. The smallest absolute Gasteiger partial charge is 0.481 e. The van der Waals surface area contributed by atoms with Crippen molar-refractivity contribution in [1.29, 1.82) is 0 Å². The van der Waals surface area contributed by atoms with E-state index in [4.69, 9.17) is 58.3 Å². The fourth-order valence-electron chi connectivity index (χ4n) is 14.1. The minimum absolute atomic E-state index is 0.0694. The van der Waals surface area contributed by atoms with Gasteiger partial charge in [-0.15, -0.1) is 34.0 Å². The van der Waals surface area contributed by atoms with Gasteiger partial charge in [0.1, 0.15) is 42.2 Å². The van der Waals surface area contributed by atoms with E-state index in [0.29, 0.717) is 78.1 Å². The van der Waals surface area contributed by atoms with Gasteiger partial charge in [0, 0.05) is 116 Å². The molecule has 0 spiro atoms. The predicted molar refractivity (Wildman–Crippen MR) is 495 cm³/mol. The molecule has 4 fully saturated rings. The van der Waals surface area contributed by atoms with Crippen molar-refractivity contribution in [2.24, 2.45) is 5.41 Å². The van der Waals surface area contributed by atoms with Crippen LogP contribution < -0.4 is 50.3 Å². The Kier molecular flexibility index (Phi) is 30.2. The number of hydrogen-bond donors (Lipinski definition) is 3. The summed E-state index contributed by atoms with van der Waals surface area (Å²) in [6.07, 6.45) is 10.2. The first-order valence-corrected chi connectivity index (χ1v) is 44.6. The maximum absolute atomic E-state index is 13.1. The van der Waals surface area contributed by atoms with Crippen LogP contribution in [-0.4, -0.2) is 170 Å². The van der Waals surface area contributed by atoms with Gasteiger partial charge in [-0.25, -0.2) is 54.3 Å². The number of carbonyl (C=O) groups excluding carboxylic acids is 3. The summed E-state index contributed by atoms with van der Waals surface area (Å²) >= 11 is 30.2. The number of fused-ring (bicyclic) bond motifs is 3. The number of carbonyl (C=O) groups is 3. The fourth-order valence-corrected chi connectivity index (χ4v) is 19.0. The molecule has 122 heavy (non-hydrogen) atoms. The van der Waals surface area contributed by atoms with Crippen molar-refractivity contribution in [2.45, 2.75) is 124 Å². The minimum atomic E-state index is -0.652. The van der Waals surface area contributed by atoms with Crippen molar-refractivity contribution in [3.8, 4) is 28.0 Å². The van der Waals surface area contributed by atoms with Crippen molar-refractivity contribution in [1.82, 2.24) is 65.6 Å². The van der Waals surface area contributed by atoms with E-state index in [1.54, 1.807) is 105 Å². The molecule has 27 nitrogen and oxygen atoms in total. The lowest BCUT2D eigenvalue weighted by molar-refractivity contribution is -0.384. The number of nitro benzene ring substituents is 1. The Balaban J connectivity index is 0.000000143. The number of piperidine rings is 1. The second-order valence-electron chi connectivity index (χ2n) is 31.8. The van der Waals surface area contributed by atoms with Crippen LogP contribution in [0.1, 0.15) is 124 Å². The molecule has 0 saturated carbocycles. The summed E-state index contributed by atoms with van der Waals surface area (Å²) in [6.45, 7) is 29.5. The number of thiophene rings is 3. The van der Waals surface area contributed by atoms with Crippen LogP contribution in [0, 0.1) is 15.5 Å². The number of nitro groups is 1. The molecule has 5 amide bonds. The molecular formula is C86H95BBr2Cl3N17O10S3. The van der Waals surface area contributed by atoms with Crippen molar-refractivity contribution < 1.29 is 42.8 Å². The largest absolute Gasteiger partial charge is 0.495 e. The molecule has 0 aliphatic carbocycles. The van der Waals surface area contributed by atoms with Crippen molar-refractivity contribution in [2.75, 3.05) is 87.8 Å². The van der Waals surface area contributed by atoms with Crippen molar-refractivity contribution in [3.63, 3.8) is 0 Å². The Morgan fingerprint density at radius 2 is 1.00 bits per heavy atom. The number of nitrogens with zero attached hydrogens (tertiary/aromatic N) is 14. The number of nitrogens with one attached hydrogen (secondary N) is 3. The van der Waals surface area contributed by atoms with E-state index in [-0.39, 0.29) is 65.5 Å². The number of amides is 5. The Bertz CT molecular complexity index is 5660. The van der Waals surface area contributed by atoms with Gasteiger partial charge in [-0.2, -0.15) is 0 Å². The van der Waals surface area contributed by atoms with Gasteiger partial charge in [0.2, 0.25) is 11.8 Å². The molecule has 640 valence electrons. The van der Waals surface area contributed by atoms with Crippen LogP contribution in [-0.2, 0) is 9.31 Å². The first kappa shape index (κ1) is 91.5. The highest BCUT2D eigenvalue weighted by molar-refractivity contribution is 9.11. The Labute approximate surface area is 753 Å². The van der Waals surface area contributed by atoms with E-state index in [1.807, 2.05) is 136 Å². The number of hydrogen-bond acceptors (Lipinski definition) is 24. The number of benzene rings is 4. The zero-order valence-electron chi connectivity index (χ0n) is 69.7. The molecule has 12 heterocycles. The number of methoxy groups -OCH3 is 2. The molecule has 4 aliphatic rings. The number of urea groups is 2. The average molecular weight is 1900 g/mol. The maximum Gasteiger partial charge on any atom is 0.495 e. The van der Waals surface area contributed by atoms with E-state index >= 15 is 0 Å². The third-order valence-electron chi connectivity index (χ3n) is 21.4. The molecule has 3 N–H and O–H groups in total. The molecule has 0 unspecified atom stereocenters. The second-order valence-corrected chi connectivity index (χ2v) is 39.0. The van der Waals surface area contributed by atoms with Gasteiger partial charge in [-0.3, -0.25) is 10.1 Å². The number of non-ortho nitro benzene ring substituents is 1.